The zero-order chi connectivity index (χ0) is 12.4. The second-order valence-corrected chi connectivity index (χ2v) is 3.63. The summed E-state index contributed by atoms with van der Waals surface area (Å²) in [5, 5.41) is 1.71. The molecular formula is C13H11NO3. The molecule has 2 aromatic rings. The van der Waals surface area contributed by atoms with E-state index in [1.165, 1.54) is 7.11 Å². The summed E-state index contributed by atoms with van der Waals surface area (Å²) in [5.74, 6) is -0.897. The van der Waals surface area contributed by atoms with Gasteiger partial charge >= 0.3 is 5.97 Å². The van der Waals surface area contributed by atoms with E-state index in [-0.39, 0.29) is 0 Å². The normalized spacial score (nSPS) is 10.2. The van der Waals surface area contributed by atoms with E-state index in [1.54, 1.807) is 36.4 Å². The van der Waals surface area contributed by atoms with Crippen LogP contribution in [0.1, 0.15) is 20.7 Å². The van der Waals surface area contributed by atoms with Crippen molar-refractivity contribution in [1.29, 1.82) is 0 Å². The van der Waals surface area contributed by atoms with Crippen molar-refractivity contribution in [2.75, 3.05) is 7.11 Å². The van der Waals surface area contributed by atoms with E-state index >= 15 is 0 Å². The highest BCUT2D eigenvalue weighted by molar-refractivity contribution is 6.00. The number of ether oxygens (including phenoxy) is 1. The van der Waals surface area contributed by atoms with Crippen molar-refractivity contribution in [2.45, 2.75) is 0 Å². The molecule has 0 saturated heterocycles. The molecule has 86 valence electrons. The van der Waals surface area contributed by atoms with E-state index < -0.39 is 11.9 Å². The lowest BCUT2D eigenvalue weighted by molar-refractivity contribution is 0.0601. The Morgan fingerprint density at radius 1 is 1.00 bits per heavy atom. The van der Waals surface area contributed by atoms with Gasteiger partial charge < -0.3 is 10.5 Å². The molecular weight excluding hydrogens is 218 g/mol. The molecule has 0 atom stereocenters. The molecule has 0 aromatic heterocycles. The van der Waals surface area contributed by atoms with Crippen molar-refractivity contribution in [1.82, 2.24) is 0 Å². The predicted octanol–water partition coefficient (Wildman–Crippen LogP) is 1.73. The van der Waals surface area contributed by atoms with E-state index in [0.29, 0.717) is 11.1 Å². The second-order valence-electron chi connectivity index (χ2n) is 3.63. The van der Waals surface area contributed by atoms with Gasteiger partial charge in [-0.3, -0.25) is 4.79 Å². The first-order chi connectivity index (χ1) is 8.11. The highest BCUT2D eigenvalue weighted by atomic mass is 16.5. The molecule has 1 amide bonds. The lowest BCUT2D eigenvalue weighted by Crippen LogP contribution is -2.10. The fraction of sp³-hybridized carbons (Fsp3) is 0.0769. The Kier molecular flexibility index (Phi) is 2.78. The Morgan fingerprint density at radius 3 is 2.18 bits per heavy atom. The van der Waals surface area contributed by atoms with E-state index in [9.17, 15) is 9.59 Å². The summed E-state index contributed by atoms with van der Waals surface area (Å²) in [7, 11) is 1.33. The summed E-state index contributed by atoms with van der Waals surface area (Å²) in [6.07, 6.45) is 0. The number of nitrogens with two attached hydrogens (primary N) is 1. The van der Waals surface area contributed by atoms with Crippen molar-refractivity contribution in [3.8, 4) is 0 Å². The summed E-state index contributed by atoms with van der Waals surface area (Å²) in [4.78, 5) is 22.4. The molecule has 0 radical (unpaired) electrons. The van der Waals surface area contributed by atoms with E-state index in [0.717, 1.165) is 10.8 Å². The number of benzene rings is 2. The predicted molar refractivity (Wildman–Crippen MR) is 63.8 cm³/mol. The van der Waals surface area contributed by atoms with Crippen molar-refractivity contribution in [2.24, 2.45) is 5.73 Å². The van der Waals surface area contributed by atoms with Crippen LogP contribution in [0.4, 0.5) is 0 Å². The molecule has 0 spiro atoms. The van der Waals surface area contributed by atoms with Gasteiger partial charge in [0.05, 0.1) is 12.7 Å². The highest BCUT2D eigenvalue weighted by Gasteiger charge is 2.07. The molecule has 0 aliphatic heterocycles. The minimum Gasteiger partial charge on any atom is -0.465 e. The Bertz CT molecular complexity index is 605. The summed E-state index contributed by atoms with van der Waals surface area (Å²) in [5.41, 5.74) is 6.06. The first-order valence-corrected chi connectivity index (χ1v) is 5.04. The summed E-state index contributed by atoms with van der Waals surface area (Å²) in [6, 6.07) is 10.3. The average molecular weight is 229 g/mol. The minimum absolute atomic E-state index is 0.406. The van der Waals surface area contributed by atoms with Gasteiger partial charge in [0.2, 0.25) is 5.91 Å². The molecule has 0 heterocycles. The Morgan fingerprint density at radius 2 is 1.59 bits per heavy atom. The van der Waals surface area contributed by atoms with Crippen LogP contribution in [0.15, 0.2) is 36.4 Å². The number of primary amides is 1. The molecule has 0 bridgehead atoms. The van der Waals surface area contributed by atoms with E-state index in [4.69, 9.17) is 5.73 Å². The van der Waals surface area contributed by atoms with Crippen molar-refractivity contribution in [3.05, 3.63) is 47.5 Å². The van der Waals surface area contributed by atoms with Gasteiger partial charge in [0, 0.05) is 5.56 Å². The summed E-state index contributed by atoms with van der Waals surface area (Å²) in [6.45, 7) is 0. The first-order valence-electron chi connectivity index (χ1n) is 5.04. The number of rotatable bonds is 2. The quantitative estimate of drug-likeness (QED) is 0.797. The number of methoxy groups -OCH3 is 1. The molecule has 4 heteroatoms. The summed E-state index contributed by atoms with van der Waals surface area (Å²) < 4.78 is 4.63. The van der Waals surface area contributed by atoms with Crippen LogP contribution in [0.25, 0.3) is 10.8 Å². The number of carbonyl (C=O) groups excluding carboxylic acids is 2. The first kappa shape index (κ1) is 11.1. The summed E-state index contributed by atoms with van der Waals surface area (Å²) >= 11 is 0. The largest absolute Gasteiger partial charge is 0.465 e. The number of fused-ring (bicyclic) bond motifs is 1. The maximum atomic E-state index is 11.4. The number of esters is 1. The molecule has 17 heavy (non-hydrogen) atoms. The fourth-order valence-corrected chi connectivity index (χ4v) is 1.64. The Balaban J connectivity index is 2.58. The van der Waals surface area contributed by atoms with E-state index in [1.807, 2.05) is 0 Å². The topological polar surface area (TPSA) is 69.4 Å². The number of hydrogen-bond acceptors (Lipinski definition) is 3. The number of amides is 1. The number of hydrogen-bond donors (Lipinski definition) is 1. The highest BCUT2D eigenvalue weighted by Crippen LogP contribution is 2.18. The zero-order valence-electron chi connectivity index (χ0n) is 9.27. The van der Waals surface area contributed by atoms with Crippen LogP contribution in [-0.2, 0) is 4.74 Å². The SMILES string of the molecule is COC(=O)c1ccc2ccc(C(N)=O)cc2c1. The zero-order valence-corrected chi connectivity index (χ0v) is 9.27. The lowest BCUT2D eigenvalue weighted by atomic mass is 10.0. The van der Waals surface area contributed by atoms with Gasteiger partial charge in [-0.2, -0.15) is 0 Å². The maximum absolute atomic E-state index is 11.4. The van der Waals surface area contributed by atoms with Crippen LogP contribution in [-0.4, -0.2) is 19.0 Å². The van der Waals surface area contributed by atoms with Crippen LogP contribution < -0.4 is 5.73 Å². The van der Waals surface area contributed by atoms with Gasteiger partial charge in [0.15, 0.2) is 0 Å². The molecule has 0 aliphatic carbocycles. The van der Waals surface area contributed by atoms with Gasteiger partial charge in [-0.05, 0) is 35.0 Å². The number of carbonyl (C=O) groups is 2. The molecule has 0 saturated carbocycles. The lowest BCUT2D eigenvalue weighted by Gasteiger charge is -2.03. The van der Waals surface area contributed by atoms with E-state index in [2.05, 4.69) is 4.74 Å². The monoisotopic (exact) mass is 229 g/mol. The van der Waals surface area contributed by atoms with Crippen LogP contribution in [0.5, 0.6) is 0 Å². The van der Waals surface area contributed by atoms with Crippen LogP contribution >= 0.6 is 0 Å². The van der Waals surface area contributed by atoms with Gasteiger partial charge in [0.1, 0.15) is 0 Å². The molecule has 2 aromatic carbocycles. The van der Waals surface area contributed by atoms with Crippen molar-refractivity contribution in [3.63, 3.8) is 0 Å². The van der Waals surface area contributed by atoms with Crippen molar-refractivity contribution < 1.29 is 14.3 Å². The van der Waals surface area contributed by atoms with Gasteiger partial charge in [0.25, 0.3) is 0 Å². The Labute approximate surface area is 98.0 Å². The fourth-order valence-electron chi connectivity index (χ4n) is 1.64. The maximum Gasteiger partial charge on any atom is 0.337 e. The smallest absolute Gasteiger partial charge is 0.337 e. The van der Waals surface area contributed by atoms with Crippen LogP contribution in [0.3, 0.4) is 0 Å². The van der Waals surface area contributed by atoms with Gasteiger partial charge in [-0.15, -0.1) is 0 Å². The van der Waals surface area contributed by atoms with Gasteiger partial charge in [-0.25, -0.2) is 4.79 Å². The molecule has 2 N–H and O–H groups in total. The molecule has 0 aliphatic rings. The third-order valence-electron chi connectivity index (χ3n) is 2.55. The molecule has 0 unspecified atom stereocenters. The van der Waals surface area contributed by atoms with Crippen LogP contribution in [0, 0.1) is 0 Å². The average Bonchev–Trinajstić information content (AvgIpc) is 2.36. The molecule has 0 fully saturated rings. The second kappa shape index (κ2) is 4.25. The van der Waals surface area contributed by atoms with Crippen molar-refractivity contribution >= 4 is 22.6 Å². The minimum atomic E-state index is -0.490. The molecule has 4 nitrogen and oxygen atoms in total. The van der Waals surface area contributed by atoms with Gasteiger partial charge in [-0.1, -0.05) is 12.1 Å². The third-order valence-corrected chi connectivity index (χ3v) is 2.55. The van der Waals surface area contributed by atoms with Crippen LogP contribution in [0.2, 0.25) is 0 Å². The standard InChI is InChI=1S/C13H11NO3/c1-17-13(16)10-5-3-8-2-4-9(12(14)15)6-11(8)7-10/h2-7H,1H3,(H2,14,15). The Hall–Kier alpha value is -2.36. The third kappa shape index (κ3) is 2.10. The molecule has 2 rings (SSSR count).